The highest BCUT2D eigenvalue weighted by atomic mass is 16.4. The van der Waals surface area contributed by atoms with Gasteiger partial charge in [-0.3, -0.25) is 14.4 Å². The van der Waals surface area contributed by atoms with Crippen molar-refractivity contribution < 1.29 is 29.4 Å². The van der Waals surface area contributed by atoms with Crippen molar-refractivity contribution in [3.05, 3.63) is 71.8 Å². The van der Waals surface area contributed by atoms with Crippen molar-refractivity contribution in [2.45, 2.75) is 56.3 Å². The fourth-order valence-electron chi connectivity index (χ4n) is 3.79. The van der Waals surface area contributed by atoms with Gasteiger partial charge in [-0.05, 0) is 43.4 Å². The van der Waals surface area contributed by atoms with Gasteiger partial charge in [0.15, 0.2) is 0 Å². The topological polar surface area (TPSA) is 197 Å². The molecule has 0 aliphatic rings. The number of hydrogen-bond donors (Lipinski definition) is 7. The number of unbranched alkanes of at least 4 members (excludes halogenated alkanes) is 1. The Hall–Kier alpha value is -3.80. The highest BCUT2D eigenvalue weighted by Crippen LogP contribution is 2.08. The highest BCUT2D eigenvalue weighted by Gasteiger charge is 2.30. The number of aliphatic carboxylic acids is 1. The molecule has 0 saturated heterocycles. The van der Waals surface area contributed by atoms with E-state index in [9.17, 15) is 29.4 Å². The summed E-state index contributed by atoms with van der Waals surface area (Å²) in [6.07, 6.45) is 1.67. The second-order valence-electron chi connectivity index (χ2n) is 8.97. The molecule has 11 heteroatoms. The van der Waals surface area contributed by atoms with Crippen LogP contribution in [0.25, 0.3) is 0 Å². The van der Waals surface area contributed by atoms with Gasteiger partial charge in [-0.1, -0.05) is 60.7 Å². The molecule has 0 fully saturated rings. The van der Waals surface area contributed by atoms with Crippen LogP contribution in [0.15, 0.2) is 60.7 Å². The molecule has 0 aliphatic carbocycles. The molecule has 38 heavy (non-hydrogen) atoms. The van der Waals surface area contributed by atoms with E-state index in [1.807, 2.05) is 36.4 Å². The van der Waals surface area contributed by atoms with Crippen LogP contribution in [0.2, 0.25) is 0 Å². The normalized spacial score (nSPS) is 14.0. The first-order valence-electron chi connectivity index (χ1n) is 12.5. The number of nitrogens with one attached hydrogen (secondary N) is 3. The van der Waals surface area contributed by atoms with Crippen LogP contribution in [0.3, 0.4) is 0 Å². The van der Waals surface area contributed by atoms with Crippen molar-refractivity contribution in [3.63, 3.8) is 0 Å². The maximum absolute atomic E-state index is 13.4. The molecule has 0 radical (unpaired) electrons. The van der Waals surface area contributed by atoms with Gasteiger partial charge in [0, 0.05) is 6.42 Å². The van der Waals surface area contributed by atoms with E-state index >= 15 is 0 Å². The van der Waals surface area contributed by atoms with Gasteiger partial charge in [0.25, 0.3) is 0 Å². The van der Waals surface area contributed by atoms with E-state index in [2.05, 4.69) is 16.0 Å². The Morgan fingerprint density at radius 1 is 0.711 bits per heavy atom. The molecular weight excluding hydrogens is 490 g/mol. The van der Waals surface area contributed by atoms with E-state index in [1.54, 1.807) is 24.3 Å². The molecule has 2 rings (SSSR count). The number of rotatable bonds is 16. The molecular formula is C27H37N5O6. The van der Waals surface area contributed by atoms with E-state index in [1.165, 1.54) is 0 Å². The number of aliphatic hydroxyl groups excluding tert-OH is 1. The van der Waals surface area contributed by atoms with Gasteiger partial charge in [-0.25, -0.2) is 4.79 Å². The number of benzene rings is 2. The Labute approximate surface area is 222 Å². The van der Waals surface area contributed by atoms with Crippen molar-refractivity contribution >= 4 is 23.7 Å². The zero-order valence-corrected chi connectivity index (χ0v) is 21.2. The van der Waals surface area contributed by atoms with E-state index in [0.29, 0.717) is 19.4 Å². The van der Waals surface area contributed by atoms with Gasteiger partial charge in [0.2, 0.25) is 17.7 Å². The maximum atomic E-state index is 13.4. The lowest BCUT2D eigenvalue weighted by molar-refractivity contribution is -0.143. The molecule has 3 amide bonds. The van der Waals surface area contributed by atoms with Crippen LogP contribution >= 0.6 is 0 Å². The van der Waals surface area contributed by atoms with Gasteiger partial charge in [0.05, 0.1) is 12.6 Å². The standard InChI is InChI=1S/C27H37N5O6/c28-14-8-7-13-21(25(35)32-23(17-33)27(37)38)30-26(36)22(16-19-11-5-2-6-12-19)31-24(34)20(29)15-18-9-3-1-4-10-18/h1-6,9-12,20-23,33H,7-8,13-17,28-29H2,(H,30,36)(H,31,34)(H,32,35)(H,37,38). The van der Waals surface area contributed by atoms with E-state index < -0.39 is 54.5 Å². The van der Waals surface area contributed by atoms with Crippen LogP contribution in [0.4, 0.5) is 0 Å². The van der Waals surface area contributed by atoms with Gasteiger partial charge in [-0.15, -0.1) is 0 Å². The Bertz CT molecular complexity index is 1040. The summed E-state index contributed by atoms with van der Waals surface area (Å²) in [5, 5.41) is 26.0. The molecule has 0 saturated carbocycles. The quantitative estimate of drug-likeness (QED) is 0.141. The summed E-state index contributed by atoms with van der Waals surface area (Å²) < 4.78 is 0. The number of hydrogen-bond acceptors (Lipinski definition) is 7. The molecule has 0 aromatic heterocycles. The largest absolute Gasteiger partial charge is 0.480 e. The minimum atomic E-state index is -1.52. The summed E-state index contributed by atoms with van der Waals surface area (Å²) in [5.74, 6) is -3.32. The molecule has 0 spiro atoms. The third-order valence-electron chi connectivity index (χ3n) is 5.93. The predicted octanol–water partition coefficient (Wildman–Crippen LogP) is -0.541. The van der Waals surface area contributed by atoms with Crippen LogP contribution < -0.4 is 27.4 Å². The average molecular weight is 528 g/mol. The van der Waals surface area contributed by atoms with Gasteiger partial charge < -0.3 is 37.6 Å². The lowest BCUT2D eigenvalue weighted by atomic mass is 10.0. The number of carbonyl (C=O) groups is 4. The fourth-order valence-corrected chi connectivity index (χ4v) is 3.79. The Morgan fingerprint density at radius 3 is 1.74 bits per heavy atom. The second-order valence-corrected chi connectivity index (χ2v) is 8.97. The molecule has 0 heterocycles. The average Bonchev–Trinajstić information content (AvgIpc) is 2.91. The minimum absolute atomic E-state index is 0.141. The van der Waals surface area contributed by atoms with Gasteiger partial charge >= 0.3 is 5.97 Å². The highest BCUT2D eigenvalue weighted by molar-refractivity contribution is 5.94. The Morgan fingerprint density at radius 2 is 1.21 bits per heavy atom. The first-order chi connectivity index (χ1) is 18.2. The SMILES string of the molecule is NCCCCC(NC(=O)C(Cc1ccccc1)NC(=O)C(N)Cc1ccccc1)C(=O)NC(CO)C(=O)O. The van der Waals surface area contributed by atoms with Gasteiger partial charge in [-0.2, -0.15) is 0 Å². The first kappa shape index (κ1) is 30.4. The summed E-state index contributed by atoms with van der Waals surface area (Å²) in [4.78, 5) is 50.4. The summed E-state index contributed by atoms with van der Waals surface area (Å²) >= 11 is 0. The second kappa shape index (κ2) is 16.1. The molecule has 0 bridgehead atoms. The van der Waals surface area contributed by atoms with Crippen molar-refractivity contribution in [1.29, 1.82) is 0 Å². The molecule has 2 aromatic carbocycles. The number of carboxylic acids is 1. The van der Waals surface area contributed by atoms with Crippen molar-refractivity contribution in [2.24, 2.45) is 11.5 Å². The molecule has 9 N–H and O–H groups in total. The molecule has 0 aliphatic heterocycles. The lowest BCUT2D eigenvalue weighted by Gasteiger charge is -2.25. The smallest absolute Gasteiger partial charge is 0.328 e. The maximum Gasteiger partial charge on any atom is 0.328 e. The molecule has 11 nitrogen and oxygen atoms in total. The lowest BCUT2D eigenvalue weighted by Crippen LogP contribution is -2.58. The molecule has 206 valence electrons. The molecule has 4 unspecified atom stereocenters. The minimum Gasteiger partial charge on any atom is -0.480 e. The predicted molar refractivity (Wildman–Crippen MR) is 142 cm³/mol. The third-order valence-corrected chi connectivity index (χ3v) is 5.93. The first-order valence-corrected chi connectivity index (χ1v) is 12.5. The molecule has 2 aromatic rings. The Kier molecular flexibility index (Phi) is 12.9. The van der Waals surface area contributed by atoms with Crippen molar-refractivity contribution in [1.82, 2.24) is 16.0 Å². The van der Waals surface area contributed by atoms with Crippen LogP contribution in [-0.4, -0.2) is 71.2 Å². The summed E-state index contributed by atoms with van der Waals surface area (Å²) in [7, 11) is 0. The van der Waals surface area contributed by atoms with E-state index in [0.717, 1.165) is 11.1 Å². The molecule has 4 atom stereocenters. The summed E-state index contributed by atoms with van der Waals surface area (Å²) in [6, 6.07) is 13.7. The van der Waals surface area contributed by atoms with Crippen LogP contribution in [0.5, 0.6) is 0 Å². The third kappa shape index (κ3) is 10.3. The monoisotopic (exact) mass is 527 g/mol. The number of amides is 3. The van der Waals surface area contributed by atoms with E-state index in [-0.39, 0.29) is 19.3 Å². The van der Waals surface area contributed by atoms with Gasteiger partial charge in [0.1, 0.15) is 18.1 Å². The van der Waals surface area contributed by atoms with Crippen molar-refractivity contribution in [2.75, 3.05) is 13.2 Å². The fraction of sp³-hybridized carbons (Fsp3) is 0.407. The Balaban J connectivity index is 2.19. The zero-order chi connectivity index (χ0) is 27.9. The van der Waals surface area contributed by atoms with Crippen LogP contribution in [0.1, 0.15) is 30.4 Å². The number of aliphatic hydroxyl groups is 1. The number of carbonyl (C=O) groups excluding carboxylic acids is 3. The summed E-state index contributed by atoms with van der Waals surface area (Å²) in [5.41, 5.74) is 13.3. The zero-order valence-electron chi connectivity index (χ0n) is 21.2. The summed E-state index contributed by atoms with van der Waals surface area (Å²) in [6.45, 7) is -0.431. The van der Waals surface area contributed by atoms with E-state index in [4.69, 9.17) is 11.5 Å². The number of carboxylic acid groups (broad SMARTS) is 1. The van der Waals surface area contributed by atoms with Crippen LogP contribution in [-0.2, 0) is 32.0 Å². The van der Waals surface area contributed by atoms with Crippen LogP contribution in [0, 0.1) is 0 Å². The number of nitrogens with two attached hydrogens (primary N) is 2. The van der Waals surface area contributed by atoms with Crippen molar-refractivity contribution in [3.8, 4) is 0 Å².